The third kappa shape index (κ3) is 6.34. The molecule has 0 saturated heterocycles. The van der Waals surface area contributed by atoms with Crippen molar-refractivity contribution in [3.8, 4) is 0 Å². The molecule has 0 fully saturated rings. The van der Waals surface area contributed by atoms with Crippen LogP contribution in [0.4, 0.5) is 34.1 Å². The zero-order valence-electron chi connectivity index (χ0n) is 30.8. The molecule has 264 valence electrons. The summed E-state index contributed by atoms with van der Waals surface area (Å²) in [7, 11) is 0. The van der Waals surface area contributed by atoms with Gasteiger partial charge in [-0.05, 0) is 116 Å². The van der Waals surface area contributed by atoms with Crippen molar-refractivity contribution < 1.29 is 0 Å². The van der Waals surface area contributed by atoms with Crippen molar-refractivity contribution in [3.05, 3.63) is 230 Å². The fourth-order valence-electron chi connectivity index (χ4n) is 8.00. The van der Waals surface area contributed by atoms with Gasteiger partial charge in [-0.3, -0.25) is 0 Å². The van der Waals surface area contributed by atoms with Gasteiger partial charge in [0.25, 0.3) is 0 Å². The van der Waals surface area contributed by atoms with Crippen LogP contribution in [-0.2, 0) is 0 Å². The molecule has 2 heteroatoms. The van der Waals surface area contributed by atoms with E-state index < -0.39 is 0 Å². The van der Waals surface area contributed by atoms with Crippen LogP contribution in [0.5, 0.6) is 0 Å². The van der Waals surface area contributed by atoms with Crippen molar-refractivity contribution in [2.24, 2.45) is 0 Å². The molecule has 0 aliphatic heterocycles. The van der Waals surface area contributed by atoms with E-state index in [0.29, 0.717) is 0 Å². The Morgan fingerprint density at radius 3 is 1.09 bits per heavy atom. The minimum Gasteiger partial charge on any atom is -0.310 e. The average molecular weight is 715 g/mol. The van der Waals surface area contributed by atoms with E-state index in [-0.39, 0.29) is 0 Å². The predicted molar refractivity (Wildman–Crippen MR) is 241 cm³/mol. The summed E-state index contributed by atoms with van der Waals surface area (Å²) < 4.78 is 0. The van der Waals surface area contributed by atoms with Gasteiger partial charge in [-0.25, -0.2) is 0 Å². The van der Waals surface area contributed by atoms with Crippen LogP contribution in [0, 0.1) is 0 Å². The molecule has 10 aromatic carbocycles. The van der Waals surface area contributed by atoms with Crippen molar-refractivity contribution in [2.75, 3.05) is 9.80 Å². The number of fused-ring (bicyclic) bond motifs is 4. The van der Waals surface area contributed by atoms with Crippen molar-refractivity contribution in [1.82, 2.24) is 0 Å². The molecular weight excluding hydrogens is 677 g/mol. The lowest BCUT2D eigenvalue weighted by Gasteiger charge is -2.27. The monoisotopic (exact) mass is 714 g/mol. The van der Waals surface area contributed by atoms with E-state index in [1.54, 1.807) is 0 Å². The Morgan fingerprint density at radius 1 is 0.250 bits per heavy atom. The van der Waals surface area contributed by atoms with E-state index in [1.165, 1.54) is 54.2 Å². The molecule has 0 heterocycles. The molecule has 2 nitrogen and oxygen atoms in total. The number of benzene rings is 10. The van der Waals surface area contributed by atoms with Gasteiger partial charge in [0.1, 0.15) is 0 Å². The summed E-state index contributed by atoms with van der Waals surface area (Å²) in [5.41, 5.74) is 9.20. The van der Waals surface area contributed by atoms with E-state index in [4.69, 9.17) is 0 Å². The van der Waals surface area contributed by atoms with Gasteiger partial charge in [-0.1, -0.05) is 158 Å². The normalized spacial score (nSPS) is 11.5. The van der Waals surface area contributed by atoms with E-state index in [1.807, 2.05) is 0 Å². The molecule has 0 aliphatic rings. The molecule has 10 aromatic rings. The van der Waals surface area contributed by atoms with E-state index >= 15 is 0 Å². The van der Waals surface area contributed by atoms with Crippen LogP contribution in [0.3, 0.4) is 0 Å². The first-order chi connectivity index (χ1) is 27.7. The summed E-state index contributed by atoms with van der Waals surface area (Å²) in [4.78, 5) is 4.72. The topological polar surface area (TPSA) is 6.48 Å². The Hall–Kier alpha value is -7.42. The van der Waals surface area contributed by atoms with Crippen molar-refractivity contribution in [2.45, 2.75) is 0 Å². The maximum Gasteiger partial charge on any atom is 0.0540 e. The smallest absolute Gasteiger partial charge is 0.0540 e. The second kappa shape index (κ2) is 14.4. The minimum absolute atomic E-state index is 1.13. The van der Waals surface area contributed by atoms with E-state index in [0.717, 1.165) is 34.1 Å². The zero-order chi connectivity index (χ0) is 37.3. The second-order valence-electron chi connectivity index (χ2n) is 14.3. The van der Waals surface area contributed by atoms with Crippen LogP contribution < -0.4 is 9.80 Å². The second-order valence-corrected chi connectivity index (χ2v) is 14.3. The fraction of sp³-hybridized carbons (Fsp3) is 0. The van der Waals surface area contributed by atoms with Gasteiger partial charge < -0.3 is 9.80 Å². The van der Waals surface area contributed by atoms with Crippen molar-refractivity contribution in [1.29, 1.82) is 0 Å². The first kappa shape index (κ1) is 33.2. The number of anilines is 6. The highest BCUT2D eigenvalue weighted by Gasteiger charge is 2.17. The molecule has 0 N–H and O–H groups in total. The summed E-state index contributed by atoms with van der Waals surface area (Å²) in [6.45, 7) is 0. The highest BCUT2D eigenvalue weighted by Crippen LogP contribution is 2.41. The Bertz CT molecular complexity index is 2820. The molecule has 0 spiro atoms. The number of nitrogens with zero attached hydrogens (tertiary/aromatic N) is 2. The summed E-state index contributed by atoms with van der Waals surface area (Å²) in [6, 6.07) is 78.6. The Labute approximate surface area is 327 Å². The molecule has 0 atom stereocenters. The highest BCUT2D eigenvalue weighted by molar-refractivity contribution is 6.02. The van der Waals surface area contributed by atoms with Crippen molar-refractivity contribution in [3.63, 3.8) is 0 Å². The van der Waals surface area contributed by atoms with Gasteiger partial charge in [0.05, 0.1) is 11.4 Å². The number of hydrogen-bond donors (Lipinski definition) is 0. The lowest BCUT2D eigenvalue weighted by atomic mass is 10.0. The van der Waals surface area contributed by atoms with Gasteiger partial charge in [-0.2, -0.15) is 0 Å². The van der Waals surface area contributed by atoms with Gasteiger partial charge in [-0.15, -0.1) is 0 Å². The van der Waals surface area contributed by atoms with Gasteiger partial charge in [0, 0.05) is 33.5 Å². The van der Waals surface area contributed by atoms with Crippen LogP contribution in [0.2, 0.25) is 0 Å². The predicted octanol–water partition coefficient (Wildman–Crippen LogP) is 15.4. The van der Waals surface area contributed by atoms with E-state index in [2.05, 4.69) is 240 Å². The number of rotatable bonds is 8. The molecule has 0 aromatic heterocycles. The van der Waals surface area contributed by atoms with Crippen molar-refractivity contribution >= 4 is 89.4 Å². The Kier molecular flexibility index (Phi) is 8.55. The van der Waals surface area contributed by atoms with E-state index in [9.17, 15) is 0 Å². The molecule has 0 radical (unpaired) electrons. The Morgan fingerprint density at radius 2 is 0.625 bits per heavy atom. The minimum atomic E-state index is 1.13. The van der Waals surface area contributed by atoms with Crippen LogP contribution >= 0.6 is 0 Å². The summed E-state index contributed by atoms with van der Waals surface area (Å²) >= 11 is 0. The van der Waals surface area contributed by atoms with Crippen LogP contribution in [0.1, 0.15) is 11.1 Å². The molecule has 0 amide bonds. The SMILES string of the molecule is C(=C\c1ccc2cc(N(c3ccccc3)c3cccc4ccccc34)ccc2c1)/c1ccc2cc(N(c3ccccc3)c3cccc4ccccc34)ccc2c1. The largest absolute Gasteiger partial charge is 0.310 e. The number of hydrogen-bond acceptors (Lipinski definition) is 2. The van der Waals surface area contributed by atoms with Crippen LogP contribution in [-0.4, -0.2) is 0 Å². The Balaban J connectivity index is 0.947. The quantitative estimate of drug-likeness (QED) is 0.145. The molecule has 56 heavy (non-hydrogen) atoms. The molecule has 0 bridgehead atoms. The lowest BCUT2D eigenvalue weighted by molar-refractivity contribution is 1.30. The maximum atomic E-state index is 2.36. The first-order valence-electron chi connectivity index (χ1n) is 19.2. The third-order valence-electron chi connectivity index (χ3n) is 10.7. The molecular formula is C54H38N2. The molecule has 10 rings (SSSR count). The summed E-state index contributed by atoms with van der Waals surface area (Å²) in [6.07, 6.45) is 4.43. The van der Waals surface area contributed by atoms with Gasteiger partial charge >= 0.3 is 0 Å². The summed E-state index contributed by atoms with van der Waals surface area (Å²) in [5.74, 6) is 0. The third-order valence-corrected chi connectivity index (χ3v) is 10.7. The lowest BCUT2D eigenvalue weighted by Crippen LogP contribution is -2.10. The fourth-order valence-corrected chi connectivity index (χ4v) is 8.00. The molecule has 0 unspecified atom stereocenters. The first-order valence-corrected chi connectivity index (χ1v) is 19.2. The molecule has 0 saturated carbocycles. The number of para-hydroxylation sites is 2. The zero-order valence-corrected chi connectivity index (χ0v) is 30.8. The van der Waals surface area contributed by atoms with Crippen LogP contribution in [0.25, 0.3) is 55.2 Å². The van der Waals surface area contributed by atoms with Crippen LogP contribution in [0.15, 0.2) is 218 Å². The maximum absolute atomic E-state index is 2.36. The average Bonchev–Trinajstić information content (AvgIpc) is 3.27. The summed E-state index contributed by atoms with van der Waals surface area (Å²) in [5, 5.41) is 9.74. The standard InChI is InChI=1S/C54H38N2/c1-3-17-47(18-4-1)55(53-23-11-15-41-13-7-9-21-51(41)53)49-33-31-43-35-39(27-29-45(43)37-49)25-26-40-28-30-46-38-50(34-32-44(46)36-40)56(48-19-5-2-6-20-48)54-24-12-16-42-14-8-10-22-52(42)54/h1-38H/b26-25+. The molecule has 0 aliphatic carbocycles. The van der Waals surface area contributed by atoms with Gasteiger partial charge in [0.15, 0.2) is 0 Å². The highest BCUT2D eigenvalue weighted by atomic mass is 15.1. The van der Waals surface area contributed by atoms with Gasteiger partial charge in [0.2, 0.25) is 0 Å².